The molecular formula is C11H14ClNO3. The third-order valence-electron chi connectivity index (χ3n) is 1.74. The standard InChI is InChI=1S/C11H14ClNO3/c1-7(14)9-5-8(12)6-13(9)10(15)16-11(2,3)4/h5-6H,1-4H3. The van der Waals surface area contributed by atoms with E-state index in [4.69, 9.17) is 16.3 Å². The van der Waals surface area contributed by atoms with Crippen molar-refractivity contribution in [1.82, 2.24) is 4.57 Å². The van der Waals surface area contributed by atoms with E-state index in [0.29, 0.717) is 5.02 Å². The van der Waals surface area contributed by atoms with Gasteiger partial charge in [0.05, 0.1) is 10.7 Å². The van der Waals surface area contributed by atoms with Gasteiger partial charge in [-0.05, 0) is 26.8 Å². The Morgan fingerprint density at radius 1 is 1.38 bits per heavy atom. The Bertz CT molecular complexity index is 429. The van der Waals surface area contributed by atoms with Crippen LogP contribution in [0.5, 0.6) is 0 Å². The fraction of sp³-hybridized carbons (Fsp3) is 0.455. The van der Waals surface area contributed by atoms with Crippen LogP contribution in [0.1, 0.15) is 38.2 Å². The number of halogens is 1. The van der Waals surface area contributed by atoms with E-state index in [1.807, 2.05) is 0 Å². The molecule has 1 aromatic heterocycles. The van der Waals surface area contributed by atoms with Crippen LogP contribution < -0.4 is 0 Å². The van der Waals surface area contributed by atoms with Crippen molar-refractivity contribution < 1.29 is 14.3 Å². The van der Waals surface area contributed by atoms with Crippen LogP contribution in [0.25, 0.3) is 0 Å². The Kier molecular flexibility index (Phi) is 3.43. The topological polar surface area (TPSA) is 48.3 Å². The van der Waals surface area contributed by atoms with Crippen molar-refractivity contribution in [3.05, 3.63) is 23.0 Å². The van der Waals surface area contributed by atoms with Gasteiger partial charge in [-0.25, -0.2) is 9.36 Å². The van der Waals surface area contributed by atoms with Gasteiger partial charge in [-0.15, -0.1) is 0 Å². The predicted octanol–water partition coefficient (Wildman–Crippen LogP) is 3.13. The summed E-state index contributed by atoms with van der Waals surface area (Å²) in [5.74, 6) is -0.238. The zero-order valence-electron chi connectivity index (χ0n) is 9.70. The quantitative estimate of drug-likeness (QED) is 0.712. The molecule has 0 saturated heterocycles. The van der Waals surface area contributed by atoms with E-state index in [0.717, 1.165) is 4.57 Å². The molecule has 0 aliphatic rings. The maximum Gasteiger partial charge on any atom is 0.419 e. The summed E-state index contributed by atoms with van der Waals surface area (Å²) in [5, 5.41) is 0.330. The molecule has 0 radical (unpaired) electrons. The van der Waals surface area contributed by atoms with Crippen molar-refractivity contribution in [2.24, 2.45) is 0 Å². The summed E-state index contributed by atoms with van der Waals surface area (Å²) in [5.41, 5.74) is -0.388. The number of Topliss-reactive ketones (excluding diaryl/α,β-unsaturated/α-hetero) is 1. The summed E-state index contributed by atoms with van der Waals surface area (Å²) in [6.45, 7) is 6.63. The molecule has 88 valence electrons. The number of nitrogens with zero attached hydrogens (tertiary/aromatic N) is 1. The number of hydrogen-bond donors (Lipinski definition) is 0. The van der Waals surface area contributed by atoms with E-state index in [2.05, 4.69) is 0 Å². The average Bonchev–Trinajstić information content (AvgIpc) is 2.44. The lowest BCUT2D eigenvalue weighted by Gasteiger charge is -2.20. The highest BCUT2D eigenvalue weighted by Gasteiger charge is 2.21. The van der Waals surface area contributed by atoms with Gasteiger partial charge >= 0.3 is 6.09 Å². The second kappa shape index (κ2) is 4.29. The molecule has 0 amide bonds. The molecule has 0 fully saturated rings. The minimum atomic E-state index is -0.609. The van der Waals surface area contributed by atoms with Gasteiger partial charge in [-0.3, -0.25) is 4.79 Å². The summed E-state index contributed by atoms with van der Waals surface area (Å²) in [6.07, 6.45) is 0.761. The van der Waals surface area contributed by atoms with Crippen LogP contribution in [0.3, 0.4) is 0 Å². The Labute approximate surface area is 99.1 Å². The number of hydrogen-bond acceptors (Lipinski definition) is 3. The van der Waals surface area contributed by atoms with Gasteiger partial charge in [-0.1, -0.05) is 11.6 Å². The number of ketones is 1. The minimum Gasteiger partial charge on any atom is -0.443 e. The molecule has 0 N–H and O–H groups in total. The average molecular weight is 244 g/mol. The van der Waals surface area contributed by atoms with Crippen LogP contribution in [0.4, 0.5) is 4.79 Å². The number of carbonyl (C=O) groups is 2. The summed E-state index contributed by atoms with van der Waals surface area (Å²) in [7, 11) is 0. The first kappa shape index (κ1) is 12.8. The van der Waals surface area contributed by atoms with E-state index in [1.165, 1.54) is 19.2 Å². The first-order chi connectivity index (χ1) is 7.20. The number of ether oxygens (including phenoxy) is 1. The highest BCUT2D eigenvalue weighted by Crippen LogP contribution is 2.17. The van der Waals surface area contributed by atoms with Gasteiger partial charge in [0.2, 0.25) is 0 Å². The number of rotatable bonds is 1. The van der Waals surface area contributed by atoms with Gasteiger partial charge in [-0.2, -0.15) is 0 Å². The molecule has 0 saturated carbocycles. The van der Waals surface area contributed by atoms with E-state index < -0.39 is 11.7 Å². The van der Waals surface area contributed by atoms with Crippen molar-refractivity contribution in [3.8, 4) is 0 Å². The molecule has 1 aromatic rings. The van der Waals surface area contributed by atoms with Gasteiger partial charge in [0.25, 0.3) is 0 Å². The van der Waals surface area contributed by atoms with Crippen LogP contribution in [0.15, 0.2) is 12.3 Å². The maximum atomic E-state index is 11.7. The highest BCUT2D eigenvalue weighted by atomic mass is 35.5. The lowest BCUT2D eigenvalue weighted by Crippen LogP contribution is -2.28. The van der Waals surface area contributed by atoms with Crippen LogP contribution in [-0.4, -0.2) is 22.0 Å². The fourth-order valence-electron chi connectivity index (χ4n) is 1.16. The highest BCUT2D eigenvalue weighted by molar-refractivity contribution is 6.31. The molecule has 0 unspecified atom stereocenters. The lowest BCUT2D eigenvalue weighted by atomic mass is 10.2. The van der Waals surface area contributed by atoms with Crippen molar-refractivity contribution in [2.75, 3.05) is 0 Å². The molecule has 4 nitrogen and oxygen atoms in total. The third-order valence-corrected chi connectivity index (χ3v) is 1.94. The second-order valence-corrected chi connectivity index (χ2v) is 4.89. The van der Waals surface area contributed by atoms with E-state index in [9.17, 15) is 9.59 Å². The Balaban J connectivity index is 3.04. The zero-order valence-corrected chi connectivity index (χ0v) is 10.5. The Hall–Kier alpha value is -1.29. The summed E-state index contributed by atoms with van der Waals surface area (Å²) >= 11 is 5.74. The maximum absolute atomic E-state index is 11.7. The molecule has 0 atom stereocenters. The fourth-order valence-corrected chi connectivity index (χ4v) is 1.36. The Morgan fingerprint density at radius 2 is 1.94 bits per heavy atom. The van der Waals surface area contributed by atoms with Crippen molar-refractivity contribution in [2.45, 2.75) is 33.3 Å². The first-order valence-electron chi connectivity index (χ1n) is 4.83. The summed E-state index contributed by atoms with van der Waals surface area (Å²) in [6, 6.07) is 1.44. The van der Waals surface area contributed by atoms with E-state index >= 15 is 0 Å². The first-order valence-corrected chi connectivity index (χ1v) is 5.20. The van der Waals surface area contributed by atoms with E-state index in [-0.39, 0.29) is 11.5 Å². The molecule has 1 rings (SSSR count). The minimum absolute atomic E-state index is 0.222. The molecule has 5 heteroatoms. The molecule has 16 heavy (non-hydrogen) atoms. The molecular weight excluding hydrogens is 230 g/mol. The monoisotopic (exact) mass is 243 g/mol. The number of carbonyl (C=O) groups excluding carboxylic acids is 2. The van der Waals surface area contributed by atoms with Gasteiger partial charge < -0.3 is 4.74 Å². The Morgan fingerprint density at radius 3 is 2.38 bits per heavy atom. The molecule has 0 spiro atoms. The normalized spacial score (nSPS) is 11.3. The lowest BCUT2D eigenvalue weighted by molar-refractivity contribution is 0.0528. The molecule has 0 aliphatic carbocycles. The predicted molar refractivity (Wildman–Crippen MR) is 61.1 cm³/mol. The summed E-state index contributed by atoms with van der Waals surface area (Å²) < 4.78 is 6.26. The molecule has 0 aliphatic heterocycles. The smallest absolute Gasteiger partial charge is 0.419 e. The second-order valence-electron chi connectivity index (χ2n) is 4.45. The van der Waals surface area contributed by atoms with Crippen LogP contribution >= 0.6 is 11.6 Å². The van der Waals surface area contributed by atoms with Crippen molar-refractivity contribution in [1.29, 1.82) is 0 Å². The van der Waals surface area contributed by atoms with E-state index in [1.54, 1.807) is 20.8 Å². The number of aromatic nitrogens is 1. The van der Waals surface area contributed by atoms with Crippen LogP contribution in [0.2, 0.25) is 5.02 Å². The van der Waals surface area contributed by atoms with Crippen LogP contribution in [0, 0.1) is 0 Å². The SMILES string of the molecule is CC(=O)c1cc(Cl)cn1C(=O)OC(C)(C)C. The van der Waals surface area contributed by atoms with Gasteiger partial charge in [0.15, 0.2) is 5.78 Å². The molecule has 0 bridgehead atoms. The van der Waals surface area contributed by atoms with Gasteiger partial charge in [0, 0.05) is 13.1 Å². The van der Waals surface area contributed by atoms with Gasteiger partial charge in [0.1, 0.15) is 5.60 Å². The summed E-state index contributed by atoms with van der Waals surface area (Å²) in [4.78, 5) is 23.0. The van der Waals surface area contributed by atoms with Crippen LogP contribution in [-0.2, 0) is 4.74 Å². The third kappa shape index (κ3) is 3.10. The largest absolute Gasteiger partial charge is 0.443 e. The van der Waals surface area contributed by atoms with Crippen molar-refractivity contribution >= 4 is 23.5 Å². The van der Waals surface area contributed by atoms with Crippen molar-refractivity contribution in [3.63, 3.8) is 0 Å². The zero-order chi connectivity index (χ0) is 12.5. The molecule has 1 heterocycles. The molecule has 0 aromatic carbocycles.